The minimum Gasteiger partial charge on any atom is -0.497 e. The van der Waals surface area contributed by atoms with Crippen LogP contribution >= 0.6 is 0 Å². The second-order valence-corrected chi connectivity index (χ2v) is 6.47. The number of carbonyl (C=O) groups is 1. The standard InChI is InChI=1S/C20H21N5O2/c1-27-16-6-4-5-14(11-16)23-18-8-3-2-7-17(18)20(26)24-15-9-10-19-21-13-22-25(19)12-15/h2-8,11,13,15,23H,9-10,12H2,1H3,(H,24,26). The first-order chi connectivity index (χ1) is 13.2. The predicted octanol–water partition coefficient (Wildman–Crippen LogP) is 2.78. The Bertz CT molecular complexity index is 953. The van der Waals surface area contributed by atoms with E-state index in [0.717, 1.165) is 35.8 Å². The van der Waals surface area contributed by atoms with Gasteiger partial charge in [-0.05, 0) is 30.7 Å². The van der Waals surface area contributed by atoms with Crippen molar-refractivity contribution >= 4 is 17.3 Å². The maximum atomic E-state index is 12.9. The molecule has 7 nitrogen and oxygen atoms in total. The Kier molecular flexibility index (Phi) is 4.74. The molecule has 0 radical (unpaired) electrons. The number of aryl methyl sites for hydroxylation is 1. The fourth-order valence-corrected chi connectivity index (χ4v) is 3.26. The van der Waals surface area contributed by atoms with E-state index < -0.39 is 0 Å². The van der Waals surface area contributed by atoms with E-state index in [1.807, 2.05) is 53.2 Å². The van der Waals surface area contributed by atoms with Crippen LogP contribution in [0.2, 0.25) is 0 Å². The predicted molar refractivity (Wildman–Crippen MR) is 102 cm³/mol. The van der Waals surface area contributed by atoms with Crippen molar-refractivity contribution in [2.75, 3.05) is 12.4 Å². The van der Waals surface area contributed by atoms with Crippen LogP contribution in [0.25, 0.3) is 0 Å². The number of aromatic nitrogens is 3. The zero-order chi connectivity index (χ0) is 18.6. The summed E-state index contributed by atoms with van der Waals surface area (Å²) in [5.41, 5.74) is 2.21. The Balaban J connectivity index is 1.49. The molecule has 1 aliphatic rings. The number of anilines is 2. The summed E-state index contributed by atoms with van der Waals surface area (Å²) < 4.78 is 7.12. The van der Waals surface area contributed by atoms with Gasteiger partial charge in [-0.3, -0.25) is 4.79 Å². The molecule has 0 fully saturated rings. The maximum absolute atomic E-state index is 12.9. The highest BCUT2D eigenvalue weighted by Crippen LogP contribution is 2.24. The Morgan fingerprint density at radius 1 is 1.22 bits per heavy atom. The van der Waals surface area contributed by atoms with Gasteiger partial charge in [-0.2, -0.15) is 5.10 Å². The molecule has 0 bridgehead atoms. The van der Waals surface area contributed by atoms with E-state index in [0.29, 0.717) is 12.1 Å². The topological polar surface area (TPSA) is 81.1 Å². The third-order valence-corrected chi connectivity index (χ3v) is 4.66. The number of para-hydroxylation sites is 1. The normalized spacial score (nSPS) is 15.7. The summed E-state index contributed by atoms with van der Waals surface area (Å²) >= 11 is 0. The average molecular weight is 363 g/mol. The van der Waals surface area contributed by atoms with Crippen LogP contribution in [0.1, 0.15) is 22.6 Å². The molecule has 1 aromatic heterocycles. The average Bonchev–Trinajstić information content (AvgIpc) is 3.16. The van der Waals surface area contributed by atoms with Crippen LogP contribution in [0.15, 0.2) is 54.9 Å². The lowest BCUT2D eigenvalue weighted by atomic mass is 10.1. The molecule has 2 N–H and O–H groups in total. The molecule has 3 aromatic rings. The van der Waals surface area contributed by atoms with Crippen LogP contribution in [-0.2, 0) is 13.0 Å². The molecular formula is C20H21N5O2. The molecule has 1 amide bonds. The summed E-state index contributed by atoms with van der Waals surface area (Å²) in [5, 5.41) is 10.6. The summed E-state index contributed by atoms with van der Waals surface area (Å²) in [4.78, 5) is 17.1. The summed E-state index contributed by atoms with van der Waals surface area (Å²) in [6.45, 7) is 0.645. The summed E-state index contributed by atoms with van der Waals surface area (Å²) in [7, 11) is 1.63. The largest absolute Gasteiger partial charge is 0.497 e. The smallest absolute Gasteiger partial charge is 0.253 e. The van der Waals surface area contributed by atoms with Gasteiger partial charge >= 0.3 is 0 Å². The number of ether oxygens (including phenoxy) is 1. The lowest BCUT2D eigenvalue weighted by molar-refractivity contribution is 0.0927. The number of carbonyl (C=O) groups excluding carboxylic acids is 1. The number of fused-ring (bicyclic) bond motifs is 1. The van der Waals surface area contributed by atoms with Gasteiger partial charge in [0.15, 0.2) is 0 Å². The zero-order valence-corrected chi connectivity index (χ0v) is 15.1. The Hall–Kier alpha value is -3.35. The molecule has 7 heteroatoms. The SMILES string of the molecule is COc1cccc(Nc2ccccc2C(=O)NC2CCc3ncnn3C2)c1. The van der Waals surface area contributed by atoms with Crippen LogP contribution in [0.3, 0.4) is 0 Å². The number of benzene rings is 2. The van der Waals surface area contributed by atoms with Crippen molar-refractivity contribution in [2.24, 2.45) is 0 Å². The monoisotopic (exact) mass is 363 g/mol. The van der Waals surface area contributed by atoms with Crippen LogP contribution in [-0.4, -0.2) is 33.8 Å². The molecule has 0 aliphatic carbocycles. The van der Waals surface area contributed by atoms with Gasteiger partial charge in [0, 0.05) is 24.2 Å². The quantitative estimate of drug-likeness (QED) is 0.728. The summed E-state index contributed by atoms with van der Waals surface area (Å²) in [5.74, 6) is 1.63. The summed E-state index contributed by atoms with van der Waals surface area (Å²) in [6.07, 6.45) is 3.23. The van der Waals surface area contributed by atoms with Crippen molar-refractivity contribution in [3.8, 4) is 5.75 Å². The van der Waals surface area contributed by atoms with E-state index in [-0.39, 0.29) is 11.9 Å². The molecule has 2 aromatic carbocycles. The molecular weight excluding hydrogens is 342 g/mol. The molecule has 27 heavy (non-hydrogen) atoms. The number of amides is 1. The van der Waals surface area contributed by atoms with Crippen molar-refractivity contribution < 1.29 is 9.53 Å². The molecule has 0 saturated heterocycles. The number of hydrogen-bond donors (Lipinski definition) is 2. The lowest BCUT2D eigenvalue weighted by Gasteiger charge is -2.24. The van der Waals surface area contributed by atoms with Crippen LogP contribution in [0.4, 0.5) is 11.4 Å². The van der Waals surface area contributed by atoms with Gasteiger partial charge in [0.2, 0.25) is 0 Å². The highest BCUT2D eigenvalue weighted by Gasteiger charge is 2.22. The zero-order valence-electron chi connectivity index (χ0n) is 15.1. The third-order valence-electron chi connectivity index (χ3n) is 4.66. The van der Waals surface area contributed by atoms with Crippen molar-refractivity contribution in [3.05, 3.63) is 66.2 Å². The molecule has 2 heterocycles. The first-order valence-corrected chi connectivity index (χ1v) is 8.90. The maximum Gasteiger partial charge on any atom is 0.253 e. The van der Waals surface area contributed by atoms with Crippen LogP contribution < -0.4 is 15.4 Å². The molecule has 0 spiro atoms. The van der Waals surface area contributed by atoms with Gasteiger partial charge in [-0.25, -0.2) is 9.67 Å². The van der Waals surface area contributed by atoms with E-state index in [1.54, 1.807) is 13.4 Å². The Labute approximate surface area is 157 Å². The minimum absolute atomic E-state index is 0.0385. The second kappa shape index (κ2) is 7.49. The van der Waals surface area contributed by atoms with Gasteiger partial charge < -0.3 is 15.4 Å². The van der Waals surface area contributed by atoms with Crippen molar-refractivity contribution in [2.45, 2.75) is 25.4 Å². The van der Waals surface area contributed by atoms with E-state index in [1.165, 1.54) is 0 Å². The number of methoxy groups -OCH3 is 1. The molecule has 4 rings (SSSR count). The van der Waals surface area contributed by atoms with E-state index in [4.69, 9.17) is 4.74 Å². The van der Waals surface area contributed by atoms with Gasteiger partial charge in [-0.1, -0.05) is 18.2 Å². The molecule has 1 aliphatic heterocycles. The van der Waals surface area contributed by atoms with Gasteiger partial charge in [0.05, 0.1) is 24.9 Å². The van der Waals surface area contributed by atoms with Crippen LogP contribution in [0, 0.1) is 0 Å². The molecule has 138 valence electrons. The highest BCUT2D eigenvalue weighted by atomic mass is 16.5. The van der Waals surface area contributed by atoms with E-state index in [9.17, 15) is 4.79 Å². The number of hydrogen-bond acceptors (Lipinski definition) is 5. The van der Waals surface area contributed by atoms with Crippen molar-refractivity contribution in [1.82, 2.24) is 20.1 Å². The van der Waals surface area contributed by atoms with Crippen LogP contribution in [0.5, 0.6) is 5.75 Å². The molecule has 1 atom stereocenters. The van der Waals surface area contributed by atoms with E-state index in [2.05, 4.69) is 20.7 Å². The molecule has 1 unspecified atom stereocenters. The highest BCUT2D eigenvalue weighted by molar-refractivity contribution is 6.00. The Morgan fingerprint density at radius 2 is 2.11 bits per heavy atom. The molecule has 0 saturated carbocycles. The first-order valence-electron chi connectivity index (χ1n) is 8.90. The first kappa shape index (κ1) is 17.1. The minimum atomic E-state index is -0.102. The fraction of sp³-hybridized carbons (Fsp3) is 0.250. The lowest BCUT2D eigenvalue weighted by Crippen LogP contribution is -2.41. The van der Waals surface area contributed by atoms with Gasteiger partial charge in [-0.15, -0.1) is 0 Å². The summed E-state index contributed by atoms with van der Waals surface area (Å²) in [6, 6.07) is 15.1. The number of nitrogens with zero attached hydrogens (tertiary/aromatic N) is 3. The van der Waals surface area contributed by atoms with Crippen molar-refractivity contribution in [3.63, 3.8) is 0 Å². The van der Waals surface area contributed by atoms with Gasteiger partial charge in [0.25, 0.3) is 5.91 Å². The van der Waals surface area contributed by atoms with Crippen molar-refractivity contribution in [1.29, 1.82) is 0 Å². The third kappa shape index (κ3) is 3.76. The fourth-order valence-electron chi connectivity index (χ4n) is 3.26. The Morgan fingerprint density at radius 3 is 3.00 bits per heavy atom. The van der Waals surface area contributed by atoms with E-state index >= 15 is 0 Å². The number of nitrogens with one attached hydrogen (secondary N) is 2. The number of rotatable bonds is 5. The van der Waals surface area contributed by atoms with Gasteiger partial charge in [0.1, 0.15) is 17.9 Å². The second-order valence-electron chi connectivity index (χ2n) is 6.47.